The second-order valence-corrected chi connectivity index (χ2v) is 6.63. The number of rotatable bonds is 6. The van der Waals surface area contributed by atoms with Crippen molar-refractivity contribution in [1.29, 1.82) is 0 Å². The Kier molecular flexibility index (Phi) is 4.92. The van der Waals surface area contributed by atoms with E-state index in [1.54, 1.807) is 19.1 Å². The summed E-state index contributed by atoms with van der Waals surface area (Å²) in [5.41, 5.74) is 0.0975. The number of nitrogens with one attached hydrogen (secondary N) is 2. The highest BCUT2D eigenvalue weighted by molar-refractivity contribution is 6.08. The van der Waals surface area contributed by atoms with Crippen molar-refractivity contribution >= 4 is 17.8 Å². The molecule has 3 rings (SSSR count). The highest BCUT2D eigenvalue weighted by atomic mass is 16.3. The third-order valence-corrected chi connectivity index (χ3v) is 4.74. The van der Waals surface area contributed by atoms with E-state index in [1.165, 1.54) is 24.7 Å². The van der Waals surface area contributed by atoms with Crippen molar-refractivity contribution in [3.8, 4) is 0 Å². The maximum absolute atomic E-state index is 12.6. The van der Waals surface area contributed by atoms with Crippen LogP contribution in [0.25, 0.3) is 0 Å². The molecule has 1 aromatic heterocycles. The van der Waals surface area contributed by atoms with Crippen molar-refractivity contribution in [2.24, 2.45) is 0 Å². The molecule has 2 heterocycles. The highest BCUT2D eigenvalue weighted by Crippen LogP contribution is 2.28. The number of carbonyl (C=O) groups is 3. The molecule has 1 atom stereocenters. The molecule has 2 N–H and O–H groups in total. The van der Waals surface area contributed by atoms with Gasteiger partial charge in [-0.25, -0.2) is 4.79 Å². The van der Waals surface area contributed by atoms with Crippen molar-refractivity contribution in [1.82, 2.24) is 15.5 Å². The minimum absolute atomic E-state index is 0.292. The van der Waals surface area contributed by atoms with Crippen molar-refractivity contribution in [2.75, 3.05) is 13.1 Å². The van der Waals surface area contributed by atoms with Gasteiger partial charge in [0.05, 0.1) is 6.26 Å². The topological polar surface area (TPSA) is 91.7 Å². The first-order valence-corrected chi connectivity index (χ1v) is 8.63. The molecule has 1 aliphatic carbocycles. The van der Waals surface area contributed by atoms with Crippen LogP contribution in [0, 0.1) is 0 Å². The molecule has 0 unspecified atom stereocenters. The monoisotopic (exact) mass is 345 g/mol. The summed E-state index contributed by atoms with van der Waals surface area (Å²) in [7, 11) is 0. The van der Waals surface area contributed by atoms with Gasteiger partial charge in [-0.3, -0.25) is 14.5 Å². The van der Waals surface area contributed by atoms with Gasteiger partial charge in [-0.05, 0) is 51.2 Å². The molecule has 4 amide bonds. The Morgan fingerprint density at radius 3 is 2.92 bits per heavy atom. The summed E-state index contributed by atoms with van der Waals surface area (Å²) in [6.07, 6.45) is 9.12. The predicted octanol–water partition coefficient (Wildman–Crippen LogP) is 2.05. The van der Waals surface area contributed by atoms with E-state index in [0.29, 0.717) is 12.3 Å². The Labute approximate surface area is 146 Å². The number of imide groups is 1. The normalized spacial score (nSPS) is 23.4. The minimum atomic E-state index is -1.27. The van der Waals surface area contributed by atoms with Crippen molar-refractivity contribution in [2.45, 2.75) is 44.6 Å². The first-order chi connectivity index (χ1) is 12.0. The Morgan fingerprint density at radius 2 is 2.24 bits per heavy atom. The molecular weight excluding hydrogens is 322 g/mol. The first-order valence-electron chi connectivity index (χ1n) is 8.63. The second-order valence-electron chi connectivity index (χ2n) is 6.63. The Bertz CT molecular complexity index is 695. The molecule has 134 valence electrons. The van der Waals surface area contributed by atoms with E-state index >= 15 is 0 Å². The molecule has 0 spiro atoms. The fraction of sp³-hybridized carbons (Fsp3) is 0.500. The molecule has 25 heavy (non-hydrogen) atoms. The van der Waals surface area contributed by atoms with Crippen LogP contribution in [0.5, 0.6) is 0 Å². The number of furan rings is 1. The molecule has 1 fully saturated rings. The number of hydrogen-bond acceptors (Lipinski definition) is 4. The lowest BCUT2D eigenvalue weighted by atomic mass is 9.97. The lowest BCUT2D eigenvalue weighted by molar-refractivity contribution is -0.135. The van der Waals surface area contributed by atoms with E-state index in [1.807, 2.05) is 0 Å². The molecule has 0 saturated carbocycles. The standard InChI is InChI=1S/C18H23N3O4/c1-18(14-8-5-11-25-14)16(23)21(17(24)20-18)12-15(22)19-10-9-13-6-3-2-4-7-13/h5-6,8,11H,2-4,7,9-10,12H2,1H3,(H,19,22)(H,20,24)/t18-/m0/s1. The lowest BCUT2D eigenvalue weighted by Gasteiger charge is -2.19. The van der Waals surface area contributed by atoms with Gasteiger partial charge in [0, 0.05) is 6.54 Å². The summed E-state index contributed by atoms with van der Waals surface area (Å²) in [5, 5.41) is 5.38. The van der Waals surface area contributed by atoms with Crippen LogP contribution in [-0.2, 0) is 15.1 Å². The van der Waals surface area contributed by atoms with E-state index < -0.39 is 17.5 Å². The summed E-state index contributed by atoms with van der Waals surface area (Å²) >= 11 is 0. The van der Waals surface area contributed by atoms with Crippen LogP contribution in [0.3, 0.4) is 0 Å². The zero-order valence-corrected chi connectivity index (χ0v) is 14.3. The minimum Gasteiger partial charge on any atom is -0.466 e. The largest absolute Gasteiger partial charge is 0.466 e. The Balaban J connectivity index is 1.53. The van der Waals surface area contributed by atoms with Gasteiger partial charge in [0.1, 0.15) is 12.3 Å². The number of allylic oxidation sites excluding steroid dienone is 1. The molecule has 7 heteroatoms. The fourth-order valence-corrected chi connectivity index (χ4v) is 3.26. The van der Waals surface area contributed by atoms with Crippen LogP contribution in [0.2, 0.25) is 0 Å². The van der Waals surface area contributed by atoms with E-state index in [9.17, 15) is 14.4 Å². The molecule has 0 bridgehead atoms. The molecule has 0 aromatic carbocycles. The number of carbonyl (C=O) groups excluding carboxylic acids is 3. The van der Waals surface area contributed by atoms with Crippen LogP contribution >= 0.6 is 0 Å². The number of nitrogens with zero attached hydrogens (tertiary/aromatic N) is 1. The second kappa shape index (κ2) is 7.13. The lowest BCUT2D eigenvalue weighted by Crippen LogP contribution is -2.43. The maximum Gasteiger partial charge on any atom is 0.325 e. The zero-order chi connectivity index (χ0) is 17.9. The summed E-state index contributed by atoms with van der Waals surface area (Å²) in [4.78, 5) is 37.7. The molecule has 1 aliphatic heterocycles. The van der Waals surface area contributed by atoms with Gasteiger partial charge in [0.25, 0.3) is 5.91 Å². The first kappa shape index (κ1) is 17.3. The van der Waals surface area contributed by atoms with Crippen molar-refractivity contribution < 1.29 is 18.8 Å². The van der Waals surface area contributed by atoms with Crippen molar-refractivity contribution in [3.63, 3.8) is 0 Å². The Morgan fingerprint density at radius 1 is 1.40 bits per heavy atom. The average molecular weight is 345 g/mol. The predicted molar refractivity (Wildman–Crippen MR) is 90.5 cm³/mol. The number of amides is 4. The van der Waals surface area contributed by atoms with Crippen LogP contribution < -0.4 is 10.6 Å². The van der Waals surface area contributed by atoms with Crippen molar-refractivity contribution in [3.05, 3.63) is 35.8 Å². The molecule has 2 aliphatic rings. The fourth-order valence-electron chi connectivity index (χ4n) is 3.26. The van der Waals surface area contributed by atoms with Gasteiger partial charge >= 0.3 is 6.03 Å². The highest BCUT2D eigenvalue weighted by Gasteiger charge is 2.51. The van der Waals surface area contributed by atoms with Crippen LogP contribution in [-0.4, -0.2) is 35.8 Å². The quantitative estimate of drug-likeness (QED) is 0.610. The summed E-state index contributed by atoms with van der Waals surface area (Å²) < 4.78 is 5.26. The van der Waals surface area contributed by atoms with Gasteiger partial charge in [0.15, 0.2) is 5.54 Å². The SMILES string of the molecule is C[C@@]1(c2ccco2)NC(=O)N(CC(=O)NCCC2=CCCCC2)C1=O. The van der Waals surface area contributed by atoms with Crippen LogP contribution in [0.4, 0.5) is 4.79 Å². The average Bonchev–Trinajstić information content (AvgIpc) is 3.21. The molecule has 0 radical (unpaired) electrons. The third-order valence-electron chi connectivity index (χ3n) is 4.74. The van der Waals surface area contributed by atoms with Gasteiger partial charge in [-0.1, -0.05) is 11.6 Å². The summed E-state index contributed by atoms with van der Waals surface area (Å²) in [5.74, 6) is -0.487. The van der Waals surface area contributed by atoms with E-state index in [0.717, 1.165) is 24.2 Å². The van der Waals surface area contributed by atoms with E-state index in [2.05, 4.69) is 16.7 Å². The van der Waals surface area contributed by atoms with Crippen LogP contribution in [0.1, 0.15) is 44.8 Å². The Hall–Kier alpha value is -2.57. The molecule has 1 aromatic rings. The number of hydrogen-bond donors (Lipinski definition) is 2. The van der Waals surface area contributed by atoms with E-state index in [4.69, 9.17) is 4.42 Å². The van der Waals surface area contributed by atoms with E-state index in [-0.39, 0.29) is 12.5 Å². The van der Waals surface area contributed by atoms with Gasteiger partial charge in [0.2, 0.25) is 5.91 Å². The van der Waals surface area contributed by atoms with Gasteiger partial charge in [-0.2, -0.15) is 0 Å². The summed E-state index contributed by atoms with van der Waals surface area (Å²) in [6.45, 7) is 1.79. The third kappa shape index (κ3) is 3.60. The zero-order valence-electron chi connectivity index (χ0n) is 14.3. The summed E-state index contributed by atoms with van der Waals surface area (Å²) in [6, 6.07) is 2.68. The molecular formula is C18H23N3O4. The molecule has 1 saturated heterocycles. The van der Waals surface area contributed by atoms with Gasteiger partial charge < -0.3 is 15.1 Å². The number of urea groups is 1. The van der Waals surface area contributed by atoms with Crippen LogP contribution in [0.15, 0.2) is 34.5 Å². The van der Waals surface area contributed by atoms with Gasteiger partial charge in [-0.15, -0.1) is 0 Å². The maximum atomic E-state index is 12.6. The molecule has 7 nitrogen and oxygen atoms in total. The smallest absolute Gasteiger partial charge is 0.325 e.